The summed E-state index contributed by atoms with van der Waals surface area (Å²) in [6, 6.07) is 17.2. The third-order valence-electron chi connectivity index (χ3n) is 5.84. The van der Waals surface area contributed by atoms with Gasteiger partial charge in [-0.2, -0.15) is 4.80 Å². The van der Waals surface area contributed by atoms with Crippen molar-refractivity contribution in [1.29, 1.82) is 0 Å². The Morgan fingerprint density at radius 3 is 2.09 bits per heavy atom. The van der Waals surface area contributed by atoms with Gasteiger partial charge in [0, 0.05) is 24.5 Å². The number of aromatic nitrogens is 3. The number of nitrogens with one attached hydrogen (secondary N) is 1. The lowest BCUT2D eigenvalue weighted by atomic mass is 10.1. The normalized spacial score (nSPS) is 10.9. The minimum absolute atomic E-state index is 0.323. The molecule has 8 nitrogen and oxygen atoms in total. The van der Waals surface area contributed by atoms with Crippen LogP contribution in [-0.2, 0) is 0 Å². The third-order valence-corrected chi connectivity index (χ3v) is 5.84. The van der Waals surface area contributed by atoms with E-state index < -0.39 is 0 Å². The van der Waals surface area contributed by atoms with E-state index in [1.54, 1.807) is 23.0 Å². The molecule has 0 unspecified atom stereocenters. The lowest BCUT2D eigenvalue weighted by Crippen LogP contribution is -2.21. The molecule has 0 aliphatic carbocycles. The molecule has 0 radical (unpaired) electrons. The van der Waals surface area contributed by atoms with Gasteiger partial charge in [-0.3, -0.25) is 4.79 Å². The Bertz CT molecular complexity index is 1290. The lowest BCUT2D eigenvalue weighted by Gasteiger charge is -2.20. The van der Waals surface area contributed by atoms with E-state index in [4.69, 9.17) is 9.47 Å². The predicted octanol–water partition coefficient (Wildman–Crippen LogP) is 4.84. The Hall–Kier alpha value is -4.07. The van der Waals surface area contributed by atoms with Crippen LogP contribution < -0.4 is 19.7 Å². The molecule has 0 spiro atoms. The molecule has 1 N–H and O–H groups in total. The van der Waals surface area contributed by atoms with Crippen molar-refractivity contribution in [2.45, 2.75) is 20.8 Å². The molecule has 1 heterocycles. The quantitative estimate of drug-likeness (QED) is 0.406. The zero-order valence-electron chi connectivity index (χ0n) is 20.1. The summed E-state index contributed by atoms with van der Waals surface area (Å²) in [5, 5.41) is 12.2. The van der Waals surface area contributed by atoms with Gasteiger partial charge in [0.15, 0.2) is 0 Å². The highest BCUT2D eigenvalue weighted by atomic mass is 16.5. The average molecular weight is 460 g/mol. The van der Waals surface area contributed by atoms with E-state index in [1.807, 2.05) is 31.2 Å². The molecule has 0 bridgehead atoms. The van der Waals surface area contributed by atoms with E-state index >= 15 is 0 Å². The molecule has 0 saturated carbocycles. The number of aryl methyl sites for hydroxylation is 1. The number of carbonyl (C=O) groups excluding carboxylic acids is 1. The summed E-state index contributed by atoms with van der Waals surface area (Å²) in [4.78, 5) is 17.0. The van der Waals surface area contributed by atoms with E-state index in [0.29, 0.717) is 28.3 Å². The molecule has 3 aromatic carbocycles. The van der Waals surface area contributed by atoms with Gasteiger partial charge in [0.2, 0.25) is 0 Å². The van der Waals surface area contributed by atoms with Gasteiger partial charge in [0.25, 0.3) is 5.91 Å². The Morgan fingerprint density at radius 1 is 0.941 bits per heavy atom. The van der Waals surface area contributed by atoms with Gasteiger partial charge in [-0.15, -0.1) is 10.2 Å². The number of hydrogen-bond donors (Lipinski definition) is 1. The Balaban J connectivity index is 1.63. The standard InChI is InChI=1S/C26H29N5O3/c1-6-30(7-2)18-11-13-19(14-12-18)31-28-21-15-17(3)20(16-22(21)29-31)27-26(32)25-23(33-4)9-8-10-24(25)34-5/h8-16H,6-7H2,1-5H3,(H,27,32). The number of nitrogens with zero attached hydrogens (tertiary/aromatic N) is 4. The number of methoxy groups -OCH3 is 2. The number of amides is 1. The maximum atomic E-state index is 13.1. The van der Waals surface area contributed by atoms with Crippen LogP contribution in [0.25, 0.3) is 16.7 Å². The number of fused-ring (bicyclic) bond motifs is 1. The average Bonchev–Trinajstić information content (AvgIpc) is 3.27. The molecule has 0 saturated heterocycles. The molecular formula is C26H29N5O3. The molecule has 176 valence electrons. The van der Waals surface area contributed by atoms with Gasteiger partial charge < -0.3 is 19.7 Å². The number of benzene rings is 3. The van der Waals surface area contributed by atoms with Crippen molar-refractivity contribution in [3.8, 4) is 17.2 Å². The van der Waals surface area contributed by atoms with Crippen LogP contribution >= 0.6 is 0 Å². The minimum Gasteiger partial charge on any atom is -0.496 e. The maximum Gasteiger partial charge on any atom is 0.263 e. The first kappa shape index (κ1) is 23.1. The second-order valence-electron chi connectivity index (χ2n) is 7.83. The number of rotatable bonds is 8. The van der Waals surface area contributed by atoms with Crippen LogP contribution in [0.1, 0.15) is 29.8 Å². The molecular weight excluding hydrogens is 430 g/mol. The number of ether oxygens (including phenoxy) is 2. The summed E-state index contributed by atoms with van der Waals surface area (Å²) in [6.07, 6.45) is 0. The Kier molecular flexibility index (Phi) is 6.67. The highest BCUT2D eigenvalue weighted by Crippen LogP contribution is 2.30. The van der Waals surface area contributed by atoms with Crippen molar-refractivity contribution in [2.75, 3.05) is 37.5 Å². The summed E-state index contributed by atoms with van der Waals surface area (Å²) in [6.45, 7) is 8.11. The van der Waals surface area contributed by atoms with Crippen LogP contribution in [-0.4, -0.2) is 48.2 Å². The molecule has 8 heteroatoms. The van der Waals surface area contributed by atoms with Crippen molar-refractivity contribution in [3.05, 3.63) is 65.7 Å². The first-order valence-electron chi connectivity index (χ1n) is 11.2. The fourth-order valence-corrected chi connectivity index (χ4v) is 3.96. The first-order valence-corrected chi connectivity index (χ1v) is 11.2. The van der Waals surface area contributed by atoms with Gasteiger partial charge in [0.1, 0.15) is 28.1 Å². The molecule has 34 heavy (non-hydrogen) atoms. The summed E-state index contributed by atoms with van der Waals surface area (Å²) in [7, 11) is 3.05. The second-order valence-corrected chi connectivity index (χ2v) is 7.83. The van der Waals surface area contributed by atoms with Crippen LogP contribution in [0.2, 0.25) is 0 Å². The molecule has 0 aliphatic heterocycles. The van der Waals surface area contributed by atoms with Crippen LogP contribution in [0.15, 0.2) is 54.6 Å². The number of carbonyl (C=O) groups is 1. The van der Waals surface area contributed by atoms with Crippen molar-refractivity contribution in [2.24, 2.45) is 0 Å². The van der Waals surface area contributed by atoms with Gasteiger partial charge >= 0.3 is 0 Å². The number of anilines is 2. The summed E-state index contributed by atoms with van der Waals surface area (Å²) < 4.78 is 10.7. The van der Waals surface area contributed by atoms with Gasteiger partial charge in [-0.1, -0.05) is 6.07 Å². The van der Waals surface area contributed by atoms with Crippen molar-refractivity contribution < 1.29 is 14.3 Å². The van der Waals surface area contributed by atoms with E-state index in [0.717, 1.165) is 35.5 Å². The minimum atomic E-state index is -0.323. The smallest absolute Gasteiger partial charge is 0.263 e. The molecule has 0 fully saturated rings. The van der Waals surface area contributed by atoms with Crippen LogP contribution in [0.5, 0.6) is 11.5 Å². The largest absolute Gasteiger partial charge is 0.496 e. The van der Waals surface area contributed by atoms with Gasteiger partial charge in [0.05, 0.1) is 19.9 Å². The second kappa shape index (κ2) is 9.82. The molecule has 0 aliphatic rings. The topological polar surface area (TPSA) is 81.5 Å². The highest BCUT2D eigenvalue weighted by Gasteiger charge is 2.19. The monoisotopic (exact) mass is 459 g/mol. The third kappa shape index (κ3) is 4.39. The van der Waals surface area contributed by atoms with E-state index in [-0.39, 0.29) is 5.91 Å². The zero-order valence-corrected chi connectivity index (χ0v) is 20.1. The van der Waals surface area contributed by atoms with Crippen molar-refractivity contribution in [1.82, 2.24) is 15.0 Å². The van der Waals surface area contributed by atoms with E-state index in [1.165, 1.54) is 14.2 Å². The van der Waals surface area contributed by atoms with Crippen molar-refractivity contribution in [3.63, 3.8) is 0 Å². The van der Waals surface area contributed by atoms with Crippen LogP contribution in [0.4, 0.5) is 11.4 Å². The molecule has 4 aromatic rings. The molecule has 1 aromatic heterocycles. The fourth-order valence-electron chi connectivity index (χ4n) is 3.96. The zero-order chi connectivity index (χ0) is 24.2. The van der Waals surface area contributed by atoms with Gasteiger partial charge in [-0.05, 0) is 74.9 Å². The predicted molar refractivity (Wildman–Crippen MR) is 135 cm³/mol. The van der Waals surface area contributed by atoms with Crippen molar-refractivity contribution >= 4 is 28.3 Å². The van der Waals surface area contributed by atoms with Crippen LogP contribution in [0.3, 0.4) is 0 Å². The summed E-state index contributed by atoms with van der Waals surface area (Å²) >= 11 is 0. The lowest BCUT2D eigenvalue weighted by molar-refractivity contribution is 0.102. The molecule has 4 rings (SSSR count). The fraction of sp³-hybridized carbons (Fsp3) is 0.269. The molecule has 1 amide bonds. The maximum absolute atomic E-state index is 13.1. The Labute approximate surface area is 199 Å². The van der Waals surface area contributed by atoms with Crippen LogP contribution in [0, 0.1) is 6.92 Å². The highest BCUT2D eigenvalue weighted by molar-refractivity contribution is 6.09. The SMILES string of the molecule is CCN(CC)c1ccc(-n2nc3cc(C)c(NC(=O)c4c(OC)cccc4OC)cc3n2)cc1. The molecule has 0 atom stereocenters. The number of hydrogen-bond acceptors (Lipinski definition) is 6. The van der Waals surface area contributed by atoms with E-state index in [9.17, 15) is 4.79 Å². The first-order chi connectivity index (χ1) is 16.5. The Morgan fingerprint density at radius 2 is 1.53 bits per heavy atom. The van der Waals surface area contributed by atoms with Gasteiger partial charge in [-0.25, -0.2) is 0 Å². The summed E-state index contributed by atoms with van der Waals surface area (Å²) in [5.74, 6) is 0.556. The summed E-state index contributed by atoms with van der Waals surface area (Å²) in [5.41, 5.74) is 5.32. The van der Waals surface area contributed by atoms with E-state index in [2.05, 4.69) is 46.4 Å².